The van der Waals surface area contributed by atoms with Gasteiger partial charge in [0.05, 0.1) is 0 Å². The molecule has 6 heteroatoms. The second kappa shape index (κ2) is 12.1. The van der Waals surface area contributed by atoms with E-state index in [4.69, 9.17) is 11.4 Å². The molecule has 0 aromatic heterocycles. The van der Waals surface area contributed by atoms with Crippen molar-refractivity contribution in [1.29, 1.82) is 0 Å². The summed E-state index contributed by atoms with van der Waals surface area (Å²) in [5.41, 5.74) is 0. The van der Waals surface area contributed by atoms with E-state index in [1.807, 2.05) is 0 Å². The van der Waals surface area contributed by atoms with Crippen molar-refractivity contribution >= 4 is 15.1 Å². The molecule has 0 saturated heterocycles. The zero-order valence-corrected chi connectivity index (χ0v) is 9.16. The Hall–Kier alpha value is 1.41. The van der Waals surface area contributed by atoms with E-state index in [2.05, 4.69) is 0 Å². The molecule has 9 heavy (non-hydrogen) atoms. The summed E-state index contributed by atoms with van der Waals surface area (Å²) in [4.78, 5) is 0. The van der Waals surface area contributed by atoms with Gasteiger partial charge in [-0.1, -0.05) is 0 Å². The molecule has 0 heterocycles. The number of halogens is 1. The van der Waals surface area contributed by atoms with Gasteiger partial charge in [-0.15, -0.1) is 0 Å². The molecule has 0 spiro atoms. The van der Waals surface area contributed by atoms with Gasteiger partial charge in [0.15, 0.2) is 0 Å². The zero-order chi connectivity index (χ0) is 5.70. The largest absolute Gasteiger partial charge is 1.00 e. The van der Waals surface area contributed by atoms with Crippen LogP contribution in [0.25, 0.3) is 0 Å². The van der Waals surface area contributed by atoms with Gasteiger partial charge in [0.1, 0.15) is 0 Å². The minimum absolute atomic E-state index is 0. The third kappa shape index (κ3) is 9.41. The van der Waals surface area contributed by atoms with Crippen molar-refractivity contribution in [1.82, 2.24) is 0 Å². The van der Waals surface area contributed by atoms with Crippen LogP contribution in [0.4, 0.5) is 0 Å². The maximum Gasteiger partial charge on any atom is 1.00 e. The fraction of sp³-hybridized carbons (Fsp3) is 1.00. The molecule has 0 fully saturated rings. The van der Waals surface area contributed by atoms with E-state index >= 15 is 0 Å². The quantitative estimate of drug-likeness (QED) is 0.510. The van der Waals surface area contributed by atoms with E-state index in [1.54, 1.807) is 21.3 Å². The van der Waals surface area contributed by atoms with Crippen molar-refractivity contribution in [2.45, 2.75) is 0 Å². The van der Waals surface area contributed by atoms with Crippen LogP contribution in [0.5, 0.6) is 0 Å². The molecule has 62 valence electrons. The molecule has 0 aromatic carbocycles. The molecule has 0 radical (unpaired) electrons. The summed E-state index contributed by atoms with van der Waals surface area (Å²) in [5.74, 6) is 0. The molecule has 0 aliphatic heterocycles. The summed E-state index contributed by atoms with van der Waals surface area (Å²) in [6.45, 7) is 0. The maximum atomic E-state index is 4.74. The summed E-state index contributed by atoms with van der Waals surface area (Å²) >= 11 is -1.67. The summed E-state index contributed by atoms with van der Waals surface area (Å²) < 4.78 is 14.2. The van der Waals surface area contributed by atoms with Gasteiger partial charge in [-0.05, 0) is 0 Å². The van der Waals surface area contributed by atoms with Crippen LogP contribution < -0.4 is 17.0 Å². The Morgan fingerprint density at radius 1 is 1.00 bits per heavy atom. The molecule has 3 nitrogen and oxygen atoms in total. The summed E-state index contributed by atoms with van der Waals surface area (Å²) in [5, 5.41) is 0. The van der Waals surface area contributed by atoms with Gasteiger partial charge in [-0.2, -0.15) is 0 Å². The van der Waals surface area contributed by atoms with E-state index in [1.165, 1.54) is 0 Å². The van der Waals surface area contributed by atoms with Gasteiger partial charge < -0.3 is 29.8 Å². The van der Waals surface area contributed by atoms with Crippen LogP contribution in [0.15, 0.2) is 0 Å². The molecular weight excluding hydrogens is 254 g/mol. The van der Waals surface area contributed by atoms with Gasteiger partial charge in [0.25, 0.3) is 0 Å². The van der Waals surface area contributed by atoms with Crippen LogP contribution in [-0.4, -0.2) is 36.5 Å². The Kier molecular flexibility index (Phi) is 22.6. The average Bonchev–Trinajstić information content (AvgIpc) is 1.72. The first-order valence-corrected chi connectivity index (χ1v) is 3.35. The molecule has 0 unspecified atom stereocenters. The molecule has 0 aliphatic rings. The van der Waals surface area contributed by atoms with Crippen LogP contribution in [0.3, 0.4) is 0 Å². The summed E-state index contributed by atoms with van der Waals surface area (Å²) in [6.07, 6.45) is 0. The van der Waals surface area contributed by atoms with Crippen molar-refractivity contribution in [3.8, 4) is 0 Å². The van der Waals surface area contributed by atoms with Crippen LogP contribution in [0.1, 0.15) is 1.43 Å². The Morgan fingerprint density at radius 3 is 1.22 bits per heavy atom. The fourth-order valence-electron chi connectivity index (χ4n) is 0.289. The SMILES string of the molecule is C[O][Al]([O]C)[O]C.[Br-].[Cu+].[H-]. The van der Waals surface area contributed by atoms with E-state index in [0.29, 0.717) is 0 Å². The minimum atomic E-state index is -1.67. The van der Waals surface area contributed by atoms with Gasteiger partial charge in [0.2, 0.25) is 0 Å². The monoisotopic (exact) mass is 263 g/mol. The molecule has 0 rings (SSSR count). The summed E-state index contributed by atoms with van der Waals surface area (Å²) in [7, 11) is 4.72. The first-order valence-electron chi connectivity index (χ1n) is 1.93. The topological polar surface area (TPSA) is 27.7 Å². The predicted octanol–water partition coefficient (Wildman–Crippen LogP) is -2.98. The van der Waals surface area contributed by atoms with Crippen LogP contribution >= 0.6 is 0 Å². The number of rotatable bonds is 3. The van der Waals surface area contributed by atoms with E-state index < -0.39 is 15.1 Å². The molecule has 0 amide bonds. The smallest absolute Gasteiger partial charge is 1.00 e. The first-order chi connectivity index (χ1) is 3.35. The van der Waals surface area contributed by atoms with Crippen LogP contribution in [-0.2, 0) is 28.4 Å². The standard InChI is InChI=1S/3CH3O.Al.BrH.Cu.H/c3*1-2;;;;/h3*1H3;;1H;;/q3*-1;+3;;+1;-1/p-1. The first kappa shape index (κ1) is 16.8. The Morgan fingerprint density at radius 2 is 1.22 bits per heavy atom. The second-order valence-electron chi connectivity index (χ2n) is 0.996. The third-order valence-corrected chi connectivity index (χ3v) is 1.73. The molecule has 0 aliphatic carbocycles. The van der Waals surface area contributed by atoms with Gasteiger partial charge in [-0.25, -0.2) is 0 Å². The Balaban J connectivity index is -0.0000000600. The van der Waals surface area contributed by atoms with E-state index in [0.717, 1.165) is 0 Å². The zero-order valence-electron chi connectivity index (χ0n) is 6.48. The molecular formula is C3H10AlBrCuO3-. The minimum Gasteiger partial charge on any atom is -1.00 e. The molecule has 0 atom stereocenters. The Bertz CT molecular complexity index is 45.2. The molecule has 0 N–H and O–H groups in total. The van der Waals surface area contributed by atoms with Gasteiger partial charge in [-0.3, -0.25) is 0 Å². The summed E-state index contributed by atoms with van der Waals surface area (Å²) in [6, 6.07) is 0. The third-order valence-electron chi connectivity index (χ3n) is 0.577. The maximum absolute atomic E-state index is 4.74. The van der Waals surface area contributed by atoms with Gasteiger partial charge >= 0.3 is 32.2 Å². The van der Waals surface area contributed by atoms with Crippen LogP contribution in [0.2, 0.25) is 0 Å². The molecule has 0 saturated carbocycles. The predicted molar refractivity (Wildman–Crippen MR) is 27.9 cm³/mol. The molecule has 0 aromatic rings. The number of hydrogen-bond acceptors (Lipinski definition) is 3. The van der Waals surface area contributed by atoms with Crippen molar-refractivity contribution < 1.29 is 46.8 Å². The van der Waals surface area contributed by atoms with E-state index in [-0.39, 0.29) is 35.5 Å². The van der Waals surface area contributed by atoms with Crippen molar-refractivity contribution in [2.24, 2.45) is 0 Å². The van der Waals surface area contributed by atoms with Crippen molar-refractivity contribution in [3.05, 3.63) is 0 Å². The average molecular weight is 265 g/mol. The number of hydrogen-bond donors (Lipinski definition) is 0. The van der Waals surface area contributed by atoms with Crippen molar-refractivity contribution in [3.63, 3.8) is 0 Å². The van der Waals surface area contributed by atoms with E-state index in [9.17, 15) is 0 Å². The fourth-order valence-corrected chi connectivity index (χ4v) is 0.866. The normalized spacial score (nSPS) is 7.00. The van der Waals surface area contributed by atoms with Crippen LogP contribution in [0, 0.1) is 0 Å². The van der Waals surface area contributed by atoms with Gasteiger partial charge in [0, 0.05) is 21.3 Å². The van der Waals surface area contributed by atoms with Crippen molar-refractivity contribution in [2.75, 3.05) is 21.3 Å². The molecule has 0 bridgehead atoms. The second-order valence-corrected chi connectivity index (χ2v) is 2.99. The Labute approximate surface area is 83.2 Å².